The van der Waals surface area contributed by atoms with E-state index in [-0.39, 0.29) is 11.3 Å². The number of anilines is 1. The first kappa shape index (κ1) is 22.6. The Morgan fingerprint density at radius 1 is 1.15 bits per heavy atom. The van der Waals surface area contributed by atoms with Crippen molar-refractivity contribution in [1.29, 1.82) is 0 Å². The van der Waals surface area contributed by atoms with Crippen molar-refractivity contribution in [1.82, 2.24) is 9.88 Å². The number of hydrogen-bond donors (Lipinski definition) is 0. The number of alkyl halides is 3. The third-order valence-electron chi connectivity index (χ3n) is 5.63. The Morgan fingerprint density at radius 3 is 2.48 bits per heavy atom. The molecule has 0 unspecified atom stereocenters. The number of amides is 1. The molecule has 0 N–H and O–H groups in total. The Bertz CT molecular complexity index is 1120. The highest BCUT2D eigenvalue weighted by atomic mass is 19.4. The quantitative estimate of drug-likeness (QED) is 0.394. The molecule has 8 nitrogen and oxygen atoms in total. The number of hydrogen-bond acceptors (Lipinski definition) is 6. The smallest absolute Gasteiger partial charge is 0.406 e. The summed E-state index contributed by atoms with van der Waals surface area (Å²) < 4.78 is 45.4. The fourth-order valence-electron chi connectivity index (χ4n) is 4.03. The van der Waals surface area contributed by atoms with Crippen LogP contribution in [0.2, 0.25) is 0 Å². The number of nitro groups is 1. The second-order valence-corrected chi connectivity index (χ2v) is 7.92. The van der Waals surface area contributed by atoms with Crippen LogP contribution >= 0.6 is 0 Å². The average Bonchev–Trinajstić information content (AvgIpc) is 3.22. The van der Waals surface area contributed by atoms with E-state index in [0.29, 0.717) is 47.9 Å². The summed E-state index contributed by atoms with van der Waals surface area (Å²) in [6.45, 7) is -1.16. The molecule has 33 heavy (non-hydrogen) atoms. The van der Waals surface area contributed by atoms with E-state index in [9.17, 15) is 28.1 Å². The number of nitrogens with zero attached hydrogens (tertiary/aromatic N) is 4. The van der Waals surface area contributed by atoms with Gasteiger partial charge in [-0.05, 0) is 25.0 Å². The predicted octanol–water partition coefficient (Wildman–Crippen LogP) is 4.54. The van der Waals surface area contributed by atoms with E-state index >= 15 is 0 Å². The molecule has 0 saturated carbocycles. The minimum Gasteiger partial charge on any atom is -0.423 e. The molecule has 1 amide bonds. The van der Waals surface area contributed by atoms with Crippen LogP contribution in [0.1, 0.15) is 18.4 Å². The molecular weight excluding hydrogens is 441 g/mol. The van der Waals surface area contributed by atoms with E-state index in [0.717, 1.165) is 0 Å². The zero-order chi connectivity index (χ0) is 23.6. The SMILES string of the molecule is O=C(C1CCN(c2nc3ccccc3o2)CC1)N(Cc1ccccc1[N+](=O)[O-])CC(F)(F)F. The van der Waals surface area contributed by atoms with Crippen LogP contribution in [-0.2, 0) is 11.3 Å². The van der Waals surface area contributed by atoms with Crippen molar-refractivity contribution in [3.05, 3.63) is 64.2 Å². The molecule has 0 radical (unpaired) electrons. The van der Waals surface area contributed by atoms with E-state index in [1.54, 1.807) is 6.07 Å². The molecule has 1 fully saturated rings. The van der Waals surface area contributed by atoms with E-state index in [1.165, 1.54) is 24.3 Å². The topological polar surface area (TPSA) is 92.7 Å². The summed E-state index contributed by atoms with van der Waals surface area (Å²) in [4.78, 5) is 30.6. The number of piperidine rings is 1. The van der Waals surface area contributed by atoms with Crippen LogP contribution in [-0.4, -0.2) is 46.5 Å². The van der Waals surface area contributed by atoms with Gasteiger partial charge < -0.3 is 14.2 Å². The predicted molar refractivity (Wildman–Crippen MR) is 114 cm³/mol. The summed E-state index contributed by atoms with van der Waals surface area (Å²) in [5, 5.41) is 11.3. The van der Waals surface area contributed by atoms with E-state index in [4.69, 9.17) is 4.42 Å². The normalized spacial score (nSPS) is 15.1. The molecule has 1 saturated heterocycles. The van der Waals surface area contributed by atoms with Crippen LogP contribution < -0.4 is 4.90 Å². The Labute approximate surface area is 186 Å². The third kappa shape index (κ3) is 5.24. The van der Waals surface area contributed by atoms with E-state index in [1.807, 2.05) is 23.1 Å². The average molecular weight is 462 g/mol. The van der Waals surface area contributed by atoms with Crippen molar-refractivity contribution in [2.24, 2.45) is 5.92 Å². The first-order chi connectivity index (χ1) is 15.7. The zero-order valence-corrected chi connectivity index (χ0v) is 17.5. The molecule has 1 aliphatic heterocycles. The van der Waals surface area contributed by atoms with Gasteiger partial charge in [-0.3, -0.25) is 14.9 Å². The maximum atomic E-state index is 13.2. The maximum absolute atomic E-state index is 13.2. The van der Waals surface area contributed by atoms with Crippen molar-refractivity contribution in [3.63, 3.8) is 0 Å². The zero-order valence-electron chi connectivity index (χ0n) is 17.5. The molecule has 2 aromatic carbocycles. The van der Waals surface area contributed by atoms with Gasteiger partial charge in [0.15, 0.2) is 5.58 Å². The minimum absolute atomic E-state index is 0.0593. The van der Waals surface area contributed by atoms with Gasteiger partial charge in [0.05, 0.1) is 11.5 Å². The molecule has 0 bridgehead atoms. The Kier molecular flexibility index (Phi) is 6.21. The van der Waals surface area contributed by atoms with Gasteiger partial charge in [0, 0.05) is 30.6 Å². The first-order valence-corrected chi connectivity index (χ1v) is 10.4. The second kappa shape index (κ2) is 9.08. The van der Waals surface area contributed by atoms with Crippen molar-refractivity contribution in [2.45, 2.75) is 25.6 Å². The largest absolute Gasteiger partial charge is 0.423 e. The van der Waals surface area contributed by atoms with Gasteiger partial charge in [-0.15, -0.1) is 0 Å². The van der Waals surface area contributed by atoms with Crippen molar-refractivity contribution < 1.29 is 27.3 Å². The monoisotopic (exact) mass is 462 g/mol. The van der Waals surface area contributed by atoms with Gasteiger partial charge in [-0.1, -0.05) is 30.3 Å². The van der Waals surface area contributed by atoms with Crippen LogP contribution in [0.5, 0.6) is 0 Å². The summed E-state index contributed by atoms with van der Waals surface area (Å²) >= 11 is 0. The molecule has 4 rings (SSSR count). The number of nitro benzene ring substituents is 1. The van der Waals surface area contributed by atoms with Crippen LogP contribution in [0, 0.1) is 16.0 Å². The molecule has 0 atom stereocenters. The number of fused-ring (bicyclic) bond motifs is 1. The Hall–Kier alpha value is -3.63. The van der Waals surface area contributed by atoms with Gasteiger partial charge >= 0.3 is 6.18 Å². The number of carbonyl (C=O) groups excluding carboxylic acids is 1. The minimum atomic E-state index is -4.63. The lowest BCUT2D eigenvalue weighted by Crippen LogP contribution is -2.45. The number of rotatable bonds is 6. The van der Waals surface area contributed by atoms with E-state index in [2.05, 4.69) is 4.98 Å². The summed E-state index contributed by atoms with van der Waals surface area (Å²) in [7, 11) is 0. The molecule has 1 aliphatic rings. The summed E-state index contributed by atoms with van der Waals surface area (Å²) in [5.41, 5.74) is 1.07. The van der Waals surface area contributed by atoms with Crippen LogP contribution in [0.4, 0.5) is 24.9 Å². The fourth-order valence-corrected chi connectivity index (χ4v) is 4.03. The molecule has 1 aromatic heterocycles. The number of aromatic nitrogens is 1. The van der Waals surface area contributed by atoms with Crippen molar-refractivity contribution >= 4 is 28.7 Å². The number of carbonyl (C=O) groups is 1. The summed E-state index contributed by atoms with van der Waals surface area (Å²) in [5.74, 6) is -1.29. The first-order valence-electron chi connectivity index (χ1n) is 10.4. The Balaban J connectivity index is 1.47. The highest BCUT2D eigenvalue weighted by Crippen LogP contribution is 2.29. The lowest BCUT2D eigenvalue weighted by Gasteiger charge is -2.33. The van der Waals surface area contributed by atoms with E-state index < -0.39 is 36.0 Å². The summed E-state index contributed by atoms with van der Waals surface area (Å²) in [6.07, 6.45) is -3.98. The van der Waals surface area contributed by atoms with Crippen LogP contribution in [0.25, 0.3) is 11.1 Å². The number of oxazole rings is 1. The molecule has 0 spiro atoms. The van der Waals surface area contributed by atoms with Gasteiger partial charge in [0.25, 0.3) is 11.7 Å². The molecule has 0 aliphatic carbocycles. The van der Waals surface area contributed by atoms with Crippen molar-refractivity contribution in [3.8, 4) is 0 Å². The lowest BCUT2D eigenvalue weighted by atomic mass is 9.95. The van der Waals surface area contributed by atoms with Crippen molar-refractivity contribution in [2.75, 3.05) is 24.5 Å². The molecule has 174 valence electrons. The van der Waals surface area contributed by atoms with Gasteiger partial charge in [0.2, 0.25) is 5.91 Å². The lowest BCUT2D eigenvalue weighted by molar-refractivity contribution is -0.385. The van der Waals surface area contributed by atoms with Crippen LogP contribution in [0.3, 0.4) is 0 Å². The molecular formula is C22H21F3N4O4. The van der Waals surface area contributed by atoms with Crippen LogP contribution in [0.15, 0.2) is 52.9 Å². The highest BCUT2D eigenvalue weighted by molar-refractivity contribution is 5.79. The fraction of sp³-hybridized carbons (Fsp3) is 0.364. The van der Waals surface area contributed by atoms with Gasteiger partial charge in [-0.25, -0.2) is 0 Å². The molecule has 11 heteroatoms. The standard InChI is InChI=1S/C22H21F3N4O4/c23-22(24,25)14-28(13-16-5-1-3-7-18(16)29(31)32)20(30)15-9-11-27(12-10-15)21-26-17-6-2-4-8-19(17)33-21/h1-8,15H,9-14H2. The number of halogens is 3. The Morgan fingerprint density at radius 2 is 1.82 bits per heavy atom. The second-order valence-electron chi connectivity index (χ2n) is 7.92. The van der Waals surface area contributed by atoms with Gasteiger partial charge in [0.1, 0.15) is 12.1 Å². The third-order valence-corrected chi connectivity index (χ3v) is 5.63. The summed E-state index contributed by atoms with van der Waals surface area (Å²) in [6, 6.07) is 13.2. The maximum Gasteiger partial charge on any atom is 0.406 e. The number of benzene rings is 2. The molecule has 3 aromatic rings. The highest BCUT2D eigenvalue weighted by Gasteiger charge is 2.37. The molecule has 2 heterocycles. The number of para-hydroxylation sites is 3. The van der Waals surface area contributed by atoms with Gasteiger partial charge in [-0.2, -0.15) is 18.2 Å².